The summed E-state index contributed by atoms with van der Waals surface area (Å²) in [4.78, 5) is 26.8. The van der Waals surface area contributed by atoms with Gasteiger partial charge in [-0.05, 0) is 0 Å². The van der Waals surface area contributed by atoms with Crippen LogP contribution in [0.2, 0.25) is 0 Å². The van der Waals surface area contributed by atoms with Crippen LogP contribution in [0.1, 0.15) is 6.42 Å². The second-order valence-corrected chi connectivity index (χ2v) is 3.12. The Kier molecular flexibility index (Phi) is 2.54. The van der Waals surface area contributed by atoms with Crippen LogP contribution >= 0.6 is 0 Å². The average Bonchev–Trinajstić information content (AvgIpc) is 2.86. The van der Waals surface area contributed by atoms with E-state index < -0.39 is 18.0 Å². The van der Waals surface area contributed by atoms with Crippen LogP contribution in [0, 0.1) is 0 Å². The maximum absolute atomic E-state index is 11.5. The Morgan fingerprint density at radius 2 is 2.44 bits per heavy atom. The molecule has 0 spiro atoms. The number of carbonyl (C=O) groups is 2. The van der Waals surface area contributed by atoms with E-state index in [0.717, 1.165) is 0 Å². The van der Waals surface area contributed by atoms with E-state index in [-0.39, 0.29) is 12.1 Å². The number of rotatable bonds is 3. The first kappa shape index (κ1) is 10.1. The number of carboxylic acids is 1. The standard InChI is InChI=1S/C8H8N4O4/c13-7(11-4-2-9-10-3-4)6-1-5(8(14)15)12-16-6/h2-3,6H,1H2,(H,9,10)(H,11,13)(H,14,15). The Labute approximate surface area is 89.3 Å². The van der Waals surface area contributed by atoms with E-state index in [1.54, 1.807) is 0 Å². The van der Waals surface area contributed by atoms with Crippen molar-refractivity contribution in [1.29, 1.82) is 0 Å². The van der Waals surface area contributed by atoms with E-state index in [1.165, 1.54) is 12.4 Å². The molecule has 16 heavy (non-hydrogen) atoms. The van der Waals surface area contributed by atoms with Crippen molar-refractivity contribution in [2.24, 2.45) is 5.16 Å². The summed E-state index contributed by atoms with van der Waals surface area (Å²) in [6.45, 7) is 0. The van der Waals surface area contributed by atoms with Gasteiger partial charge in [-0.1, -0.05) is 5.16 Å². The highest BCUT2D eigenvalue weighted by atomic mass is 16.6. The smallest absolute Gasteiger partial charge is 0.353 e. The van der Waals surface area contributed by atoms with Gasteiger partial charge in [0, 0.05) is 12.6 Å². The third-order valence-electron chi connectivity index (χ3n) is 1.97. The zero-order valence-corrected chi connectivity index (χ0v) is 8.01. The number of hydrogen-bond acceptors (Lipinski definition) is 5. The maximum atomic E-state index is 11.5. The van der Waals surface area contributed by atoms with Crippen molar-refractivity contribution in [2.75, 3.05) is 5.32 Å². The van der Waals surface area contributed by atoms with Gasteiger partial charge in [-0.25, -0.2) is 4.79 Å². The zero-order valence-electron chi connectivity index (χ0n) is 8.01. The number of carbonyl (C=O) groups excluding carboxylic acids is 1. The monoisotopic (exact) mass is 224 g/mol. The molecule has 0 aromatic carbocycles. The van der Waals surface area contributed by atoms with E-state index in [2.05, 4.69) is 20.7 Å². The molecule has 1 amide bonds. The van der Waals surface area contributed by atoms with E-state index in [9.17, 15) is 9.59 Å². The molecule has 0 saturated heterocycles. The third-order valence-corrected chi connectivity index (χ3v) is 1.97. The van der Waals surface area contributed by atoms with Crippen molar-refractivity contribution in [3.63, 3.8) is 0 Å². The Morgan fingerprint density at radius 1 is 1.62 bits per heavy atom. The predicted molar refractivity (Wildman–Crippen MR) is 51.8 cm³/mol. The number of aliphatic carboxylic acids is 1. The van der Waals surface area contributed by atoms with Gasteiger partial charge in [-0.3, -0.25) is 9.89 Å². The van der Waals surface area contributed by atoms with Gasteiger partial charge in [-0.2, -0.15) is 5.10 Å². The molecule has 1 unspecified atom stereocenters. The number of nitrogens with one attached hydrogen (secondary N) is 2. The quantitative estimate of drug-likeness (QED) is 0.644. The Bertz CT molecular complexity index is 439. The first-order chi connectivity index (χ1) is 7.66. The topological polar surface area (TPSA) is 117 Å². The third kappa shape index (κ3) is 2.00. The molecule has 1 aliphatic rings. The molecule has 0 saturated carbocycles. The molecule has 2 heterocycles. The number of carboxylic acid groups (broad SMARTS) is 1. The molecule has 0 radical (unpaired) electrons. The first-order valence-corrected chi connectivity index (χ1v) is 4.42. The summed E-state index contributed by atoms with van der Waals surface area (Å²) in [5.74, 6) is -1.64. The van der Waals surface area contributed by atoms with Crippen molar-refractivity contribution in [3.05, 3.63) is 12.4 Å². The SMILES string of the molecule is O=C(O)C1=NOC(C(=O)Nc2cn[nH]c2)C1. The van der Waals surface area contributed by atoms with Crippen LogP contribution < -0.4 is 5.32 Å². The molecule has 3 N–H and O–H groups in total. The fourth-order valence-corrected chi connectivity index (χ4v) is 1.19. The minimum atomic E-state index is -1.18. The molecule has 0 bridgehead atoms. The lowest BCUT2D eigenvalue weighted by Crippen LogP contribution is -2.28. The van der Waals surface area contributed by atoms with E-state index in [0.29, 0.717) is 5.69 Å². The van der Waals surface area contributed by atoms with Gasteiger partial charge in [0.25, 0.3) is 5.91 Å². The van der Waals surface area contributed by atoms with Gasteiger partial charge in [-0.15, -0.1) is 0 Å². The van der Waals surface area contributed by atoms with Crippen molar-refractivity contribution in [2.45, 2.75) is 12.5 Å². The minimum Gasteiger partial charge on any atom is -0.477 e. The van der Waals surface area contributed by atoms with E-state index in [4.69, 9.17) is 9.94 Å². The number of hydrogen-bond donors (Lipinski definition) is 3. The average molecular weight is 224 g/mol. The highest BCUT2D eigenvalue weighted by Gasteiger charge is 2.31. The van der Waals surface area contributed by atoms with Crippen LogP contribution in [0.15, 0.2) is 17.5 Å². The van der Waals surface area contributed by atoms with Crippen LogP contribution in [0.4, 0.5) is 5.69 Å². The fourth-order valence-electron chi connectivity index (χ4n) is 1.19. The van der Waals surface area contributed by atoms with Gasteiger partial charge >= 0.3 is 5.97 Å². The molecule has 1 aromatic rings. The summed E-state index contributed by atoms with van der Waals surface area (Å²) in [6.07, 6.45) is 1.97. The molecule has 2 rings (SSSR count). The first-order valence-electron chi connectivity index (χ1n) is 4.42. The Balaban J connectivity index is 1.92. The molecule has 0 aliphatic carbocycles. The number of amides is 1. The molecule has 8 nitrogen and oxygen atoms in total. The summed E-state index contributed by atoms with van der Waals surface area (Å²) in [7, 11) is 0. The fraction of sp³-hybridized carbons (Fsp3) is 0.250. The van der Waals surface area contributed by atoms with Crippen LogP contribution in [-0.2, 0) is 14.4 Å². The summed E-state index contributed by atoms with van der Waals surface area (Å²) in [5.41, 5.74) is 0.324. The largest absolute Gasteiger partial charge is 0.477 e. The molecule has 8 heteroatoms. The Morgan fingerprint density at radius 3 is 3.00 bits per heavy atom. The summed E-state index contributed by atoms with van der Waals surface area (Å²) in [5, 5.41) is 20.6. The lowest BCUT2D eigenvalue weighted by molar-refractivity contribution is -0.129. The summed E-state index contributed by atoms with van der Waals surface area (Å²) in [6, 6.07) is 0. The van der Waals surface area contributed by atoms with Gasteiger partial charge in [0.15, 0.2) is 5.71 Å². The number of aromatic amines is 1. The molecule has 1 aliphatic heterocycles. The van der Waals surface area contributed by atoms with Gasteiger partial charge in [0.05, 0.1) is 11.9 Å². The number of H-pyrrole nitrogens is 1. The lowest BCUT2D eigenvalue weighted by atomic mass is 10.2. The van der Waals surface area contributed by atoms with Crippen molar-refractivity contribution in [3.8, 4) is 0 Å². The minimum absolute atomic E-state index is 0.0426. The highest BCUT2D eigenvalue weighted by Crippen LogP contribution is 2.13. The summed E-state index contributed by atoms with van der Waals surface area (Å²) >= 11 is 0. The molecule has 1 atom stereocenters. The van der Waals surface area contributed by atoms with Crippen LogP contribution in [0.5, 0.6) is 0 Å². The second kappa shape index (κ2) is 4.01. The zero-order chi connectivity index (χ0) is 11.5. The number of aromatic nitrogens is 2. The normalized spacial score (nSPS) is 18.8. The molecule has 84 valence electrons. The summed E-state index contributed by atoms with van der Waals surface area (Å²) < 4.78 is 0. The van der Waals surface area contributed by atoms with Gasteiger partial charge in [0.2, 0.25) is 6.10 Å². The van der Waals surface area contributed by atoms with Crippen LogP contribution in [0.25, 0.3) is 0 Å². The number of oxime groups is 1. The molecular weight excluding hydrogens is 216 g/mol. The number of anilines is 1. The van der Waals surface area contributed by atoms with Crippen LogP contribution in [-0.4, -0.2) is 39.0 Å². The highest BCUT2D eigenvalue weighted by molar-refractivity contribution is 6.36. The Hall–Kier alpha value is -2.38. The second-order valence-electron chi connectivity index (χ2n) is 3.12. The van der Waals surface area contributed by atoms with Crippen molar-refractivity contribution >= 4 is 23.3 Å². The van der Waals surface area contributed by atoms with E-state index >= 15 is 0 Å². The van der Waals surface area contributed by atoms with Crippen molar-refractivity contribution in [1.82, 2.24) is 10.2 Å². The number of nitrogens with zero attached hydrogens (tertiary/aromatic N) is 2. The van der Waals surface area contributed by atoms with Gasteiger partial charge < -0.3 is 15.3 Å². The van der Waals surface area contributed by atoms with Crippen LogP contribution in [0.3, 0.4) is 0 Å². The molecule has 1 aromatic heterocycles. The van der Waals surface area contributed by atoms with E-state index in [1.807, 2.05) is 0 Å². The van der Waals surface area contributed by atoms with Crippen molar-refractivity contribution < 1.29 is 19.5 Å². The maximum Gasteiger partial charge on any atom is 0.353 e. The lowest BCUT2D eigenvalue weighted by Gasteiger charge is -2.06. The molecular formula is C8H8N4O4. The van der Waals surface area contributed by atoms with Gasteiger partial charge in [0.1, 0.15) is 0 Å². The molecule has 0 fully saturated rings. The predicted octanol–water partition coefficient (Wildman–Crippen LogP) is -0.422.